The third-order valence-electron chi connectivity index (χ3n) is 5.08. The number of hydrogen-bond donors (Lipinski definition) is 0. The van der Waals surface area contributed by atoms with Crippen molar-refractivity contribution in [3.8, 4) is 5.75 Å². The van der Waals surface area contributed by atoms with Crippen molar-refractivity contribution in [2.24, 2.45) is 0 Å². The van der Waals surface area contributed by atoms with Crippen molar-refractivity contribution in [2.75, 3.05) is 4.90 Å². The maximum Gasteiger partial charge on any atom is 0.308 e. The van der Waals surface area contributed by atoms with Crippen LogP contribution in [0, 0.1) is 5.82 Å². The Kier molecular flexibility index (Phi) is 5.07. The van der Waals surface area contributed by atoms with E-state index in [1.54, 1.807) is 0 Å². The normalized spacial score (nSPS) is 18.5. The van der Waals surface area contributed by atoms with Crippen molar-refractivity contribution in [2.45, 2.75) is 38.3 Å². The van der Waals surface area contributed by atoms with Crippen LogP contribution in [0.4, 0.5) is 10.1 Å². The van der Waals surface area contributed by atoms with Gasteiger partial charge in [0, 0.05) is 18.5 Å². The van der Waals surface area contributed by atoms with Crippen LogP contribution in [-0.4, -0.2) is 40.7 Å². The van der Waals surface area contributed by atoms with Crippen LogP contribution in [0.3, 0.4) is 0 Å². The minimum Gasteiger partial charge on any atom is -0.427 e. The number of anilines is 1. The van der Waals surface area contributed by atoms with Crippen LogP contribution < -0.4 is 9.64 Å². The van der Waals surface area contributed by atoms with Crippen LogP contribution in [0.2, 0.25) is 0 Å². The average molecular weight is 410 g/mol. The van der Waals surface area contributed by atoms with E-state index < -0.39 is 35.5 Å². The van der Waals surface area contributed by atoms with E-state index in [0.717, 1.165) is 17.7 Å². The summed E-state index contributed by atoms with van der Waals surface area (Å²) >= 11 is 0. The summed E-state index contributed by atoms with van der Waals surface area (Å²) in [6.07, 6.45) is 1.39. The van der Waals surface area contributed by atoms with Crippen LogP contribution in [0.1, 0.15) is 36.5 Å². The second-order valence-electron chi connectivity index (χ2n) is 7.33. The van der Waals surface area contributed by atoms with Gasteiger partial charge in [-0.1, -0.05) is 0 Å². The van der Waals surface area contributed by atoms with Crippen LogP contribution in [0.5, 0.6) is 5.75 Å². The number of rotatable bonds is 5. The summed E-state index contributed by atoms with van der Waals surface area (Å²) in [5.74, 6) is -1.93. The average Bonchev–Trinajstić information content (AvgIpc) is 3.49. The second-order valence-corrected chi connectivity index (χ2v) is 7.33. The Labute approximate surface area is 172 Å². The van der Waals surface area contributed by atoms with Gasteiger partial charge in [0.05, 0.1) is 12.1 Å². The Morgan fingerprint density at radius 1 is 1.03 bits per heavy atom. The summed E-state index contributed by atoms with van der Waals surface area (Å²) in [6.45, 7) is 1.27. The molecule has 0 aromatic heterocycles. The predicted molar refractivity (Wildman–Crippen MR) is 104 cm³/mol. The topological polar surface area (TPSA) is 84.0 Å². The first-order valence-electron chi connectivity index (χ1n) is 9.58. The fraction of sp³-hybridized carbons (Fsp3) is 0.273. The van der Waals surface area contributed by atoms with Crippen LogP contribution >= 0.6 is 0 Å². The number of nitrogens with zero attached hydrogens (tertiary/aromatic N) is 2. The third kappa shape index (κ3) is 3.80. The molecule has 4 rings (SSSR count). The molecule has 2 fully saturated rings. The molecule has 2 aliphatic rings. The molecule has 3 amide bonds. The first kappa shape index (κ1) is 19.8. The number of benzene rings is 2. The number of halogens is 1. The molecule has 1 unspecified atom stereocenters. The molecule has 1 atom stereocenters. The van der Waals surface area contributed by atoms with E-state index in [2.05, 4.69) is 0 Å². The summed E-state index contributed by atoms with van der Waals surface area (Å²) < 4.78 is 18.2. The van der Waals surface area contributed by atoms with Crippen molar-refractivity contribution in [3.63, 3.8) is 0 Å². The number of amides is 3. The van der Waals surface area contributed by atoms with Gasteiger partial charge in [-0.2, -0.15) is 0 Å². The van der Waals surface area contributed by atoms with Crippen LogP contribution in [0.25, 0.3) is 0 Å². The molecule has 0 N–H and O–H groups in total. The summed E-state index contributed by atoms with van der Waals surface area (Å²) in [5, 5.41) is 0. The predicted octanol–water partition coefficient (Wildman–Crippen LogP) is 2.69. The van der Waals surface area contributed by atoms with E-state index in [9.17, 15) is 23.6 Å². The van der Waals surface area contributed by atoms with Gasteiger partial charge in [0.25, 0.3) is 11.8 Å². The highest BCUT2D eigenvalue weighted by Gasteiger charge is 2.48. The minimum atomic E-state index is -0.907. The molecular formula is C22H19FN2O5. The molecule has 2 aromatic carbocycles. The number of esters is 1. The minimum absolute atomic E-state index is 0.115. The monoisotopic (exact) mass is 410 g/mol. The van der Waals surface area contributed by atoms with Gasteiger partial charge in [0.1, 0.15) is 17.6 Å². The highest BCUT2D eigenvalue weighted by Crippen LogP contribution is 2.35. The highest BCUT2D eigenvalue weighted by atomic mass is 19.1. The zero-order valence-electron chi connectivity index (χ0n) is 16.2. The molecule has 1 aliphatic heterocycles. The largest absolute Gasteiger partial charge is 0.427 e. The zero-order valence-corrected chi connectivity index (χ0v) is 16.2. The maximum absolute atomic E-state index is 13.2. The maximum atomic E-state index is 13.2. The van der Waals surface area contributed by atoms with E-state index in [1.807, 2.05) is 0 Å². The molecule has 1 saturated carbocycles. The molecule has 1 saturated heterocycles. The number of ether oxygens (including phenoxy) is 1. The van der Waals surface area contributed by atoms with Crippen molar-refractivity contribution in [1.82, 2.24) is 4.90 Å². The molecule has 0 radical (unpaired) electrons. The summed E-state index contributed by atoms with van der Waals surface area (Å²) in [4.78, 5) is 52.3. The Morgan fingerprint density at radius 2 is 1.67 bits per heavy atom. The van der Waals surface area contributed by atoms with Gasteiger partial charge in [0.2, 0.25) is 5.91 Å². The first-order chi connectivity index (χ1) is 14.3. The van der Waals surface area contributed by atoms with Gasteiger partial charge < -0.3 is 9.64 Å². The van der Waals surface area contributed by atoms with Gasteiger partial charge in [-0.15, -0.1) is 0 Å². The Balaban J connectivity index is 1.58. The standard InChI is InChI=1S/C22H19FN2O5/c1-13(26)30-18-10-8-17(9-11-18)25-20(27)12-19(22(25)29)24(16-6-7-16)21(28)14-2-4-15(23)5-3-14/h2-5,8-11,16,19H,6-7,12H2,1H3. The van der Waals surface area contributed by atoms with Crippen molar-refractivity contribution < 1.29 is 28.3 Å². The van der Waals surface area contributed by atoms with Crippen molar-refractivity contribution >= 4 is 29.4 Å². The van der Waals surface area contributed by atoms with E-state index >= 15 is 0 Å². The van der Waals surface area contributed by atoms with Gasteiger partial charge in [-0.05, 0) is 61.4 Å². The van der Waals surface area contributed by atoms with Crippen molar-refractivity contribution in [1.29, 1.82) is 0 Å². The molecule has 0 bridgehead atoms. The molecule has 2 aromatic rings. The lowest BCUT2D eigenvalue weighted by Crippen LogP contribution is -2.46. The lowest BCUT2D eigenvalue weighted by molar-refractivity contribution is -0.132. The Bertz CT molecular complexity index is 1010. The first-order valence-corrected chi connectivity index (χ1v) is 9.58. The molecule has 7 nitrogen and oxygen atoms in total. The fourth-order valence-electron chi connectivity index (χ4n) is 3.59. The van der Waals surface area contributed by atoms with E-state index in [1.165, 1.54) is 60.4 Å². The number of imide groups is 1. The van der Waals surface area contributed by atoms with Gasteiger partial charge >= 0.3 is 5.97 Å². The number of carbonyl (C=O) groups is 4. The Hall–Kier alpha value is -3.55. The molecule has 1 heterocycles. The van der Waals surface area contributed by atoms with Crippen molar-refractivity contribution in [3.05, 3.63) is 59.9 Å². The lowest BCUT2D eigenvalue weighted by Gasteiger charge is -2.27. The number of hydrogen-bond acceptors (Lipinski definition) is 5. The van der Waals surface area contributed by atoms with E-state index in [-0.39, 0.29) is 18.0 Å². The third-order valence-corrected chi connectivity index (χ3v) is 5.08. The number of carbonyl (C=O) groups excluding carboxylic acids is 4. The van der Waals surface area contributed by atoms with E-state index in [4.69, 9.17) is 4.74 Å². The molecule has 8 heteroatoms. The highest BCUT2D eigenvalue weighted by molar-refractivity contribution is 6.23. The summed E-state index contributed by atoms with van der Waals surface area (Å²) in [7, 11) is 0. The SMILES string of the molecule is CC(=O)Oc1ccc(N2C(=O)CC(N(C(=O)c3ccc(F)cc3)C3CC3)C2=O)cc1. The Morgan fingerprint density at radius 3 is 2.23 bits per heavy atom. The van der Waals surface area contributed by atoms with E-state index in [0.29, 0.717) is 11.4 Å². The zero-order chi connectivity index (χ0) is 21.4. The molecule has 0 spiro atoms. The summed E-state index contributed by atoms with van der Waals surface area (Å²) in [6, 6.07) is 10.1. The smallest absolute Gasteiger partial charge is 0.308 e. The molecule has 30 heavy (non-hydrogen) atoms. The quantitative estimate of drug-likeness (QED) is 0.430. The van der Waals surface area contributed by atoms with Gasteiger partial charge in [-0.3, -0.25) is 19.2 Å². The van der Waals surface area contributed by atoms with Crippen LogP contribution in [-0.2, 0) is 14.4 Å². The second kappa shape index (κ2) is 7.70. The van der Waals surface area contributed by atoms with Gasteiger partial charge in [-0.25, -0.2) is 9.29 Å². The molecule has 1 aliphatic carbocycles. The van der Waals surface area contributed by atoms with Crippen LogP contribution in [0.15, 0.2) is 48.5 Å². The van der Waals surface area contributed by atoms with Gasteiger partial charge in [0.15, 0.2) is 0 Å². The fourth-order valence-corrected chi connectivity index (χ4v) is 3.59. The molecular weight excluding hydrogens is 391 g/mol. The summed E-state index contributed by atoms with van der Waals surface area (Å²) in [5.41, 5.74) is 0.612. The molecule has 154 valence electrons. The lowest BCUT2D eigenvalue weighted by atomic mass is 10.1.